The molecule has 4 rings (SSSR count). The second kappa shape index (κ2) is 10.4. The maximum atomic E-state index is 13.3. The average Bonchev–Trinajstić information content (AvgIpc) is 2.79. The van der Waals surface area contributed by atoms with Gasteiger partial charge in [-0.05, 0) is 42.5 Å². The van der Waals surface area contributed by atoms with Gasteiger partial charge in [-0.1, -0.05) is 73.0 Å². The van der Waals surface area contributed by atoms with Crippen LogP contribution in [0.1, 0.15) is 36.8 Å². The van der Waals surface area contributed by atoms with E-state index >= 15 is 0 Å². The van der Waals surface area contributed by atoms with Crippen molar-refractivity contribution in [1.82, 2.24) is 10.2 Å². The van der Waals surface area contributed by atoms with Crippen molar-refractivity contribution in [2.24, 2.45) is 0 Å². The lowest BCUT2D eigenvalue weighted by atomic mass is 9.93. The molecule has 1 saturated carbocycles. The van der Waals surface area contributed by atoms with Gasteiger partial charge in [-0.2, -0.15) is 0 Å². The average molecular weight is 455 g/mol. The van der Waals surface area contributed by atoms with Gasteiger partial charge in [0.25, 0.3) is 5.91 Å². The van der Waals surface area contributed by atoms with Crippen LogP contribution in [0.3, 0.4) is 0 Å². The zero-order chi connectivity index (χ0) is 21.6. The third kappa shape index (κ3) is 5.52. The lowest BCUT2D eigenvalue weighted by molar-refractivity contribution is -0.135. The molecule has 2 unspecified atom stereocenters. The van der Waals surface area contributed by atoms with Crippen molar-refractivity contribution in [3.63, 3.8) is 0 Å². The van der Waals surface area contributed by atoms with E-state index in [2.05, 4.69) is 17.4 Å². The summed E-state index contributed by atoms with van der Waals surface area (Å²) >= 11 is 7.97. The first-order valence-electron chi connectivity index (χ1n) is 10.9. The summed E-state index contributed by atoms with van der Waals surface area (Å²) in [6.07, 6.45) is 6.94. The molecule has 162 valence electrons. The second-order valence-electron chi connectivity index (χ2n) is 8.06. The fraction of sp³-hybridized carbons (Fsp3) is 0.360. The number of benzene rings is 2. The third-order valence-electron chi connectivity index (χ3n) is 5.90. The number of rotatable bonds is 6. The van der Waals surface area contributed by atoms with E-state index in [1.807, 2.05) is 48.5 Å². The summed E-state index contributed by atoms with van der Waals surface area (Å²) in [5.74, 6) is -0.163. The monoisotopic (exact) mass is 454 g/mol. The van der Waals surface area contributed by atoms with E-state index < -0.39 is 0 Å². The van der Waals surface area contributed by atoms with E-state index in [0.717, 1.165) is 31.2 Å². The molecule has 0 bridgehead atoms. The van der Waals surface area contributed by atoms with Gasteiger partial charge in [0.1, 0.15) is 6.54 Å². The van der Waals surface area contributed by atoms with Gasteiger partial charge < -0.3 is 10.2 Å². The normalized spacial score (nSPS) is 22.3. The van der Waals surface area contributed by atoms with Crippen LogP contribution in [0.25, 0.3) is 6.08 Å². The molecule has 0 radical (unpaired) electrons. The zero-order valence-electron chi connectivity index (χ0n) is 17.4. The number of carbonyl (C=O) groups is 2. The molecule has 1 saturated heterocycles. The van der Waals surface area contributed by atoms with Crippen molar-refractivity contribution >= 4 is 41.3 Å². The fourth-order valence-corrected chi connectivity index (χ4v) is 5.95. The lowest BCUT2D eigenvalue weighted by Crippen LogP contribution is -2.54. The molecular formula is C25H27ClN2O2S. The van der Waals surface area contributed by atoms with E-state index in [0.29, 0.717) is 21.7 Å². The first kappa shape index (κ1) is 22.0. The van der Waals surface area contributed by atoms with E-state index in [1.54, 1.807) is 16.7 Å². The number of carbonyl (C=O) groups excluding carboxylic acids is 2. The summed E-state index contributed by atoms with van der Waals surface area (Å²) in [4.78, 5) is 28.5. The molecule has 1 N–H and O–H groups in total. The molecule has 0 spiro atoms. The Hall–Kier alpha value is -2.24. The third-order valence-corrected chi connectivity index (χ3v) is 7.65. The van der Waals surface area contributed by atoms with Gasteiger partial charge in [-0.15, -0.1) is 11.8 Å². The first-order chi connectivity index (χ1) is 15.1. The topological polar surface area (TPSA) is 49.4 Å². The SMILES string of the molecule is O=C(CN1C(=O)/C(=C\c2ccccc2Cl)SC2CCCCC21)NCCc1ccccc1. The molecule has 2 aromatic carbocycles. The summed E-state index contributed by atoms with van der Waals surface area (Å²) in [6.45, 7) is 0.672. The number of nitrogens with zero attached hydrogens (tertiary/aromatic N) is 1. The van der Waals surface area contributed by atoms with Crippen molar-refractivity contribution in [3.8, 4) is 0 Å². The minimum atomic E-state index is -0.0994. The van der Waals surface area contributed by atoms with Crippen LogP contribution < -0.4 is 5.32 Å². The first-order valence-corrected chi connectivity index (χ1v) is 12.1. The van der Waals surface area contributed by atoms with Crippen LogP contribution in [0.4, 0.5) is 0 Å². The molecule has 6 heteroatoms. The Morgan fingerprint density at radius 2 is 1.84 bits per heavy atom. The molecule has 2 aliphatic rings. The zero-order valence-corrected chi connectivity index (χ0v) is 19.0. The predicted molar refractivity (Wildman–Crippen MR) is 128 cm³/mol. The highest BCUT2D eigenvalue weighted by Crippen LogP contribution is 2.42. The number of fused-ring (bicyclic) bond motifs is 1. The largest absolute Gasteiger partial charge is 0.354 e. The van der Waals surface area contributed by atoms with Gasteiger partial charge in [-0.3, -0.25) is 9.59 Å². The minimum absolute atomic E-state index is 0.0636. The number of hydrogen-bond acceptors (Lipinski definition) is 3. The van der Waals surface area contributed by atoms with Crippen LogP contribution in [0.5, 0.6) is 0 Å². The maximum absolute atomic E-state index is 13.3. The summed E-state index contributed by atoms with van der Waals surface area (Å²) in [5, 5.41) is 3.94. The van der Waals surface area contributed by atoms with E-state index in [4.69, 9.17) is 11.6 Å². The molecule has 0 aromatic heterocycles. The van der Waals surface area contributed by atoms with E-state index in [1.165, 1.54) is 12.0 Å². The van der Waals surface area contributed by atoms with Crippen LogP contribution >= 0.6 is 23.4 Å². The van der Waals surface area contributed by atoms with E-state index in [-0.39, 0.29) is 24.4 Å². The van der Waals surface area contributed by atoms with Crippen LogP contribution in [-0.2, 0) is 16.0 Å². The Kier molecular flexibility index (Phi) is 7.36. The van der Waals surface area contributed by atoms with Gasteiger partial charge in [0.15, 0.2) is 0 Å². The molecule has 2 amide bonds. The quantitative estimate of drug-likeness (QED) is 0.630. The smallest absolute Gasteiger partial charge is 0.261 e. The predicted octanol–water partition coefficient (Wildman–Crippen LogP) is 4.93. The van der Waals surface area contributed by atoms with Gasteiger partial charge in [0.2, 0.25) is 5.91 Å². The van der Waals surface area contributed by atoms with Gasteiger partial charge in [0, 0.05) is 22.9 Å². The van der Waals surface area contributed by atoms with Crippen molar-refractivity contribution in [1.29, 1.82) is 0 Å². The molecule has 2 aromatic rings. The summed E-state index contributed by atoms with van der Waals surface area (Å²) in [5.41, 5.74) is 2.02. The van der Waals surface area contributed by atoms with Crippen LogP contribution in [-0.4, -0.2) is 41.1 Å². The Morgan fingerprint density at radius 3 is 2.65 bits per heavy atom. The molecule has 2 fully saturated rings. The molecule has 31 heavy (non-hydrogen) atoms. The number of nitrogens with one attached hydrogen (secondary N) is 1. The lowest BCUT2D eigenvalue weighted by Gasteiger charge is -2.43. The highest BCUT2D eigenvalue weighted by molar-refractivity contribution is 8.04. The van der Waals surface area contributed by atoms with Crippen molar-refractivity contribution in [3.05, 3.63) is 75.7 Å². The van der Waals surface area contributed by atoms with Crippen LogP contribution in [0, 0.1) is 0 Å². The Labute approximate surface area is 193 Å². The van der Waals surface area contributed by atoms with E-state index in [9.17, 15) is 9.59 Å². The number of amides is 2. The summed E-state index contributed by atoms with van der Waals surface area (Å²) < 4.78 is 0. The Bertz CT molecular complexity index is 963. The highest BCUT2D eigenvalue weighted by atomic mass is 35.5. The van der Waals surface area contributed by atoms with Gasteiger partial charge in [0.05, 0.1) is 4.91 Å². The van der Waals surface area contributed by atoms with Crippen LogP contribution in [0.15, 0.2) is 59.5 Å². The highest BCUT2D eigenvalue weighted by Gasteiger charge is 2.41. The standard InChI is InChI=1S/C25H27ClN2O2S/c26-20-11-5-4-10-19(20)16-23-25(30)28(21-12-6-7-13-22(21)31-23)17-24(29)27-15-14-18-8-2-1-3-9-18/h1-5,8-11,16,21-22H,6-7,12-15,17H2,(H,27,29)/b23-16+. The van der Waals surface area contributed by atoms with Crippen molar-refractivity contribution in [2.45, 2.75) is 43.4 Å². The van der Waals surface area contributed by atoms with Crippen molar-refractivity contribution < 1.29 is 9.59 Å². The second-order valence-corrected chi connectivity index (χ2v) is 9.75. The molecule has 1 heterocycles. The Balaban J connectivity index is 1.45. The van der Waals surface area contributed by atoms with Crippen molar-refractivity contribution in [2.75, 3.05) is 13.1 Å². The fourth-order valence-electron chi connectivity index (χ4n) is 4.30. The summed E-state index contributed by atoms with van der Waals surface area (Å²) in [6, 6.07) is 17.7. The molecule has 4 nitrogen and oxygen atoms in total. The number of halogens is 1. The molecular weight excluding hydrogens is 428 g/mol. The molecule has 1 aliphatic carbocycles. The summed E-state index contributed by atoms with van der Waals surface area (Å²) in [7, 11) is 0. The number of hydrogen-bond donors (Lipinski definition) is 1. The van der Waals surface area contributed by atoms with Gasteiger partial charge in [-0.25, -0.2) is 0 Å². The Morgan fingerprint density at radius 1 is 1.10 bits per heavy atom. The minimum Gasteiger partial charge on any atom is -0.354 e. The molecule has 2 atom stereocenters. The molecule has 1 aliphatic heterocycles. The number of thioether (sulfide) groups is 1. The van der Waals surface area contributed by atoms with Crippen LogP contribution in [0.2, 0.25) is 5.02 Å². The maximum Gasteiger partial charge on any atom is 0.261 e. The van der Waals surface area contributed by atoms with Gasteiger partial charge >= 0.3 is 0 Å².